The molecule has 1 aliphatic heterocycles. The highest BCUT2D eigenvalue weighted by Gasteiger charge is 2.17. The largest absolute Gasteiger partial charge is 0.486 e. The second-order valence-electron chi connectivity index (χ2n) is 3.53. The van der Waals surface area contributed by atoms with Gasteiger partial charge in [0, 0.05) is 17.1 Å². The fourth-order valence-corrected chi connectivity index (χ4v) is 1.88. The van der Waals surface area contributed by atoms with E-state index in [2.05, 4.69) is 0 Å². The van der Waals surface area contributed by atoms with Crippen molar-refractivity contribution in [1.82, 2.24) is 0 Å². The molecule has 1 heterocycles. The Labute approximate surface area is 94.1 Å². The second-order valence-corrected chi connectivity index (χ2v) is 3.94. The second kappa shape index (κ2) is 4.29. The molecule has 1 atom stereocenters. The SMILES string of the molecule is CC[C@@H](N)c1cc2c(cc1Cl)OCCO2. The minimum atomic E-state index is -0.0478. The Hall–Kier alpha value is -0.930. The first-order valence-electron chi connectivity index (χ1n) is 5.07. The first-order chi connectivity index (χ1) is 7.22. The molecule has 15 heavy (non-hydrogen) atoms. The number of hydrogen-bond acceptors (Lipinski definition) is 3. The Morgan fingerprint density at radius 3 is 2.53 bits per heavy atom. The van der Waals surface area contributed by atoms with Gasteiger partial charge in [-0.1, -0.05) is 18.5 Å². The zero-order chi connectivity index (χ0) is 10.8. The van der Waals surface area contributed by atoms with E-state index in [-0.39, 0.29) is 6.04 Å². The van der Waals surface area contributed by atoms with Crippen LogP contribution in [0.15, 0.2) is 12.1 Å². The maximum atomic E-state index is 6.12. The maximum absolute atomic E-state index is 6.12. The normalized spacial score (nSPS) is 16.2. The van der Waals surface area contributed by atoms with Gasteiger partial charge in [-0.2, -0.15) is 0 Å². The molecule has 2 N–H and O–H groups in total. The van der Waals surface area contributed by atoms with Crippen LogP contribution in [0.2, 0.25) is 5.02 Å². The van der Waals surface area contributed by atoms with Crippen molar-refractivity contribution in [2.24, 2.45) is 5.73 Å². The van der Waals surface area contributed by atoms with Crippen LogP contribution in [-0.4, -0.2) is 13.2 Å². The summed E-state index contributed by atoms with van der Waals surface area (Å²) in [6.45, 7) is 3.18. The lowest BCUT2D eigenvalue weighted by Crippen LogP contribution is -2.17. The number of fused-ring (bicyclic) bond motifs is 1. The molecular weight excluding hydrogens is 214 g/mol. The topological polar surface area (TPSA) is 44.5 Å². The number of ether oxygens (including phenoxy) is 2. The molecule has 0 saturated heterocycles. The van der Waals surface area contributed by atoms with Crippen LogP contribution >= 0.6 is 11.6 Å². The lowest BCUT2D eigenvalue weighted by molar-refractivity contribution is 0.171. The molecule has 0 unspecified atom stereocenters. The third-order valence-electron chi connectivity index (χ3n) is 2.50. The zero-order valence-electron chi connectivity index (χ0n) is 8.63. The number of benzene rings is 1. The van der Waals surface area contributed by atoms with E-state index < -0.39 is 0 Å². The van der Waals surface area contributed by atoms with Crippen LogP contribution in [0.4, 0.5) is 0 Å². The van der Waals surface area contributed by atoms with Gasteiger partial charge in [0.05, 0.1) is 0 Å². The number of halogens is 1. The van der Waals surface area contributed by atoms with E-state index in [1.807, 2.05) is 13.0 Å². The molecule has 0 aromatic heterocycles. The third kappa shape index (κ3) is 2.03. The Balaban J connectivity index is 2.40. The molecule has 0 aliphatic carbocycles. The number of rotatable bonds is 2. The van der Waals surface area contributed by atoms with Crippen LogP contribution in [0.1, 0.15) is 24.9 Å². The average molecular weight is 228 g/mol. The van der Waals surface area contributed by atoms with Crippen molar-refractivity contribution in [3.8, 4) is 11.5 Å². The lowest BCUT2D eigenvalue weighted by atomic mass is 10.0. The monoisotopic (exact) mass is 227 g/mol. The molecule has 2 rings (SSSR count). The summed E-state index contributed by atoms with van der Waals surface area (Å²) in [5.74, 6) is 1.45. The van der Waals surface area contributed by atoms with Crippen molar-refractivity contribution < 1.29 is 9.47 Å². The molecule has 1 aromatic rings. The van der Waals surface area contributed by atoms with E-state index in [1.165, 1.54) is 0 Å². The Morgan fingerprint density at radius 2 is 1.93 bits per heavy atom. The van der Waals surface area contributed by atoms with Gasteiger partial charge in [0.1, 0.15) is 13.2 Å². The summed E-state index contributed by atoms with van der Waals surface area (Å²) in [6, 6.07) is 3.61. The van der Waals surface area contributed by atoms with E-state index in [4.69, 9.17) is 26.8 Å². The summed E-state index contributed by atoms with van der Waals surface area (Å²) >= 11 is 6.12. The fraction of sp³-hybridized carbons (Fsp3) is 0.455. The van der Waals surface area contributed by atoms with Gasteiger partial charge in [0.15, 0.2) is 11.5 Å². The van der Waals surface area contributed by atoms with Gasteiger partial charge >= 0.3 is 0 Å². The summed E-state index contributed by atoms with van der Waals surface area (Å²) in [5, 5.41) is 0.647. The highest BCUT2D eigenvalue weighted by molar-refractivity contribution is 6.31. The zero-order valence-corrected chi connectivity index (χ0v) is 9.38. The van der Waals surface area contributed by atoms with Crippen molar-refractivity contribution in [1.29, 1.82) is 0 Å². The van der Waals surface area contributed by atoms with Gasteiger partial charge in [0.2, 0.25) is 0 Å². The molecule has 0 amide bonds. The van der Waals surface area contributed by atoms with Crippen LogP contribution in [-0.2, 0) is 0 Å². The first-order valence-corrected chi connectivity index (χ1v) is 5.44. The van der Waals surface area contributed by atoms with Gasteiger partial charge in [-0.3, -0.25) is 0 Å². The van der Waals surface area contributed by atoms with Crippen molar-refractivity contribution >= 4 is 11.6 Å². The summed E-state index contributed by atoms with van der Waals surface area (Å²) in [5.41, 5.74) is 6.87. The van der Waals surface area contributed by atoms with Gasteiger partial charge in [0.25, 0.3) is 0 Å². The van der Waals surface area contributed by atoms with Crippen LogP contribution in [0.5, 0.6) is 11.5 Å². The predicted octanol–water partition coefficient (Wildman–Crippen LogP) is 2.52. The molecule has 0 saturated carbocycles. The van der Waals surface area contributed by atoms with E-state index in [0.717, 1.165) is 17.7 Å². The highest BCUT2D eigenvalue weighted by Crippen LogP contribution is 2.37. The van der Waals surface area contributed by atoms with E-state index in [1.54, 1.807) is 6.07 Å². The highest BCUT2D eigenvalue weighted by atomic mass is 35.5. The molecule has 0 radical (unpaired) electrons. The number of hydrogen-bond donors (Lipinski definition) is 1. The van der Waals surface area contributed by atoms with Crippen molar-refractivity contribution in [3.63, 3.8) is 0 Å². The van der Waals surface area contributed by atoms with E-state index in [9.17, 15) is 0 Å². The first kappa shape index (κ1) is 10.6. The van der Waals surface area contributed by atoms with Crippen LogP contribution < -0.4 is 15.2 Å². The van der Waals surface area contributed by atoms with Crippen molar-refractivity contribution in [2.75, 3.05) is 13.2 Å². The lowest BCUT2D eigenvalue weighted by Gasteiger charge is -2.21. The molecule has 1 aliphatic rings. The molecular formula is C11H14ClNO2. The Morgan fingerprint density at radius 1 is 1.33 bits per heavy atom. The standard InChI is InChI=1S/C11H14ClNO2/c1-2-9(13)7-5-10-11(6-8(7)12)15-4-3-14-10/h5-6,9H,2-4,13H2,1H3/t9-/m1/s1. The van der Waals surface area contributed by atoms with Gasteiger partial charge in [-0.25, -0.2) is 0 Å². The molecule has 4 heteroatoms. The summed E-state index contributed by atoms with van der Waals surface area (Å²) < 4.78 is 10.9. The maximum Gasteiger partial charge on any atom is 0.162 e. The molecule has 0 fully saturated rings. The van der Waals surface area contributed by atoms with Gasteiger partial charge in [-0.15, -0.1) is 0 Å². The van der Waals surface area contributed by atoms with Crippen LogP contribution in [0.3, 0.4) is 0 Å². The molecule has 0 spiro atoms. The summed E-state index contributed by atoms with van der Waals surface area (Å²) in [7, 11) is 0. The smallest absolute Gasteiger partial charge is 0.162 e. The van der Waals surface area contributed by atoms with E-state index >= 15 is 0 Å². The summed E-state index contributed by atoms with van der Waals surface area (Å²) in [6.07, 6.45) is 0.847. The van der Waals surface area contributed by atoms with Gasteiger partial charge < -0.3 is 15.2 Å². The molecule has 1 aromatic carbocycles. The van der Waals surface area contributed by atoms with Crippen LogP contribution in [0, 0.1) is 0 Å². The predicted molar refractivity (Wildman–Crippen MR) is 59.7 cm³/mol. The van der Waals surface area contributed by atoms with Crippen LogP contribution in [0.25, 0.3) is 0 Å². The molecule has 82 valence electrons. The third-order valence-corrected chi connectivity index (χ3v) is 2.83. The van der Waals surface area contributed by atoms with Crippen molar-refractivity contribution in [2.45, 2.75) is 19.4 Å². The van der Waals surface area contributed by atoms with Gasteiger partial charge in [-0.05, 0) is 18.1 Å². The minimum Gasteiger partial charge on any atom is -0.486 e. The number of nitrogens with two attached hydrogens (primary N) is 1. The molecule has 3 nitrogen and oxygen atoms in total. The Kier molecular flexibility index (Phi) is 3.03. The summed E-state index contributed by atoms with van der Waals surface area (Å²) in [4.78, 5) is 0. The van der Waals surface area contributed by atoms with E-state index in [0.29, 0.717) is 24.0 Å². The fourth-order valence-electron chi connectivity index (χ4n) is 1.58. The average Bonchev–Trinajstić information content (AvgIpc) is 2.27. The molecule has 0 bridgehead atoms. The van der Waals surface area contributed by atoms with Crippen molar-refractivity contribution in [3.05, 3.63) is 22.7 Å². The minimum absolute atomic E-state index is 0.0478. The Bertz CT molecular complexity index is 368. The quantitative estimate of drug-likeness (QED) is 0.845.